The molecule has 0 aliphatic carbocycles. The monoisotopic (exact) mass is 390 g/mol. The van der Waals surface area contributed by atoms with Crippen LogP contribution < -0.4 is 9.47 Å². The summed E-state index contributed by atoms with van der Waals surface area (Å²) in [6, 6.07) is 25.1. The van der Waals surface area contributed by atoms with Gasteiger partial charge in [0, 0.05) is 13.7 Å². The smallest absolute Gasteiger partial charge is 0.119 e. The van der Waals surface area contributed by atoms with Gasteiger partial charge in [0.25, 0.3) is 0 Å². The van der Waals surface area contributed by atoms with E-state index >= 15 is 0 Å². The first-order chi connectivity index (χ1) is 14.3. The van der Waals surface area contributed by atoms with Crippen LogP contribution in [-0.2, 0) is 4.74 Å². The van der Waals surface area contributed by atoms with Crippen molar-refractivity contribution in [3.63, 3.8) is 0 Å². The molecule has 0 N–H and O–H groups in total. The zero-order chi connectivity index (χ0) is 20.3. The van der Waals surface area contributed by atoms with E-state index in [1.807, 2.05) is 12.1 Å². The molecule has 0 spiro atoms. The lowest BCUT2D eigenvalue weighted by Crippen LogP contribution is -1.97. The topological polar surface area (TPSA) is 27.7 Å². The molecule has 3 heteroatoms. The Hall–Kier alpha value is -2.78. The summed E-state index contributed by atoms with van der Waals surface area (Å²) in [4.78, 5) is 0. The standard InChI is InChI=1S/C26H30O3/c1-27-19-5-3-4-6-20-29-26-17-13-24(14-18-26)22-9-7-21(8-10-22)23-11-15-25(28-2)16-12-23/h7-18H,3-6,19-20H2,1-2H3. The molecule has 0 aliphatic rings. The van der Waals surface area contributed by atoms with E-state index < -0.39 is 0 Å². The van der Waals surface area contributed by atoms with Crippen LogP contribution in [0.25, 0.3) is 22.3 Å². The minimum absolute atomic E-state index is 0.767. The highest BCUT2D eigenvalue weighted by molar-refractivity contribution is 5.71. The molecule has 0 heterocycles. The second kappa shape index (κ2) is 11.3. The lowest BCUT2D eigenvalue weighted by Gasteiger charge is -2.09. The molecule has 0 fully saturated rings. The predicted octanol–water partition coefficient (Wildman–Crippen LogP) is 6.61. The van der Waals surface area contributed by atoms with Crippen molar-refractivity contribution in [1.29, 1.82) is 0 Å². The van der Waals surface area contributed by atoms with Gasteiger partial charge in [0.05, 0.1) is 13.7 Å². The zero-order valence-electron chi connectivity index (χ0n) is 17.4. The first-order valence-electron chi connectivity index (χ1n) is 10.3. The van der Waals surface area contributed by atoms with Crippen molar-refractivity contribution in [3.05, 3.63) is 72.8 Å². The number of methoxy groups -OCH3 is 2. The van der Waals surface area contributed by atoms with Crippen LogP contribution in [0.15, 0.2) is 72.8 Å². The third-order valence-corrected chi connectivity index (χ3v) is 5.01. The quantitative estimate of drug-likeness (QED) is 0.345. The van der Waals surface area contributed by atoms with Gasteiger partial charge in [-0.1, -0.05) is 55.0 Å². The molecule has 152 valence electrons. The molecule has 0 bridgehead atoms. The van der Waals surface area contributed by atoms with Gasteiger partial charge in [-0.2, -0.15) is 0 Å². The van der Waals surface area contributed by atoms with Crippen LogP contribution in [0.2, 0.25) is 0 Å². The zero-order valence-corrected chi connectivity index (χ0v) is 17.4. The van der Waals surface area contributed by atoms with E-state index in [0.717, 1.165) is 37.6 Å². The summed E-state index contributed by atoms with van der Waals surface area (Å²) in [5.41, 5.74) is 4.77. The summed E-state index contributed by atoms with van der Waals surface area (Å²) in [5.74, 6) is 1.80. The Morgan fingerprint density at radius 1 is 0.483 bits per heavy atom. The summed E-state index contributed by atoms with van der Waals surface area (Å²) in [7, 11) is 3.44. The minimum Gasteiger partial charge on any atom is -0.497 e. The molecule has 3 nitrogen and oxygen atoms in total. The molecule has 0 atom stereocenters. The van der Waals surface area contributed by atoms with Crippen LogP contribution in [0.4, 0.5) is 0 Å². The van der Waals surface area contributed by atoms with Gasteiger partial charge < -0.3 is 14.2 Å². The summed E-state index contributed by atoms with van der Waals surface area (Å²) < 4.78 is 16.2. The average Bonchev–Trinajstić information content (AvgIpc) is 2.79. The number of ether oxygens (including phenoxy) is 3. The molecular weight excluding hydrogens is 360 g/mol. The third kappa shape index (κ3) is 6.37. The van der Waals surface area contributed by atoms with Gasteiger partial charge in [-0.3, -0.25) is 0 Å². The van der Waals surface area contributed by atoms with E-state index in [2.05, 4.69) is 60.7 Å². The Morgan fingerprint density at radius 3 is 1.34 bits per heavy atom. The number of rotatable bonds is 11. The van der Waals surface area contributed by atoms with Crippen molar-refractivity contribution in [2.45, 2.75) is 25.7 Å². The molecule has 0 amide bonds. The first-order valence-corrected chi connectivity index (χ1v) is 10.3. The molecule has 0 aromatic heterocycles. The summed E-state index contributed by atoms with van der Waals surface area (Å²) in [6.45, 7) is 1.62. The third-order valence-electron chi connectivity index (χ3n) is 5.01. The first kappa shape index (κ1) is 20.9. The van der Waals surface area contributed by atoms with Gasteiger partial charge >= 0.3 is 0 Å². The lowest BCUT2D eigenvalue weighted by atomic mass is 10.0. The van der Waals surface area contributed by atoms with E-state index in [0.29, 0.717) is 0 Å². The fourth-order valence-corrected chi connectivity index (χ4v) is 3.27. The maximum Gasteiger partial charge on any atom is 0.119 e. The molecule has 3 aromatic carbocycles. The van der Waals surface area contributed by atoms with E-state index in [1.54, 1.807) is 14.2 Å². The molecule has 3 rings (SSSR count). The molecule has 29 heavy (non-hydrogen) atoms. The lowest BCUT2D eigenvalue weighted by molar-refractivity contribution is 0.191. The summed E-state index contributed by atoms with van der Waals surface area (Å²) in [6.07, 6.45) is 4.59. The largest absolute Gasteiger partial charge is 0.497 e. The summed E-state index contributed by atoms with van der Waals surface area (Å²) >= 11 is 0. The summed E-state index contributed by atoms with van der Waals surface area (Å²) in [5, 5.41) is 0. The van der Waals surface area contributed by atoms with Crippen LogP contribution in [0.5, 0.6) is 11.5 Å². The maximum atomic E-state index is 5.86. The van der Waals surface area contributed by atoms with Crippen molar-refractivity contribution < 1.29 is 14.2 Å². The van der Waals surface area contributed by atoms with Gasteiger partial charge in [0.2, 0.25) is 0 Å². The van der Waals surface area contributed by atoms with Crippen molar-refractivity contribution >= 4 is 0 Å². The van der Waals surface area contributed by atoms with Gasteiger partial charge in [0.15, 0.2) is 0 Å². The van der Waals surface area contributed by atoms with Crippen LogP contribution in [0.3, 0.4) is 0 Å². The van der Waals surface area contributed by atoms with Crippen molar-refractivity contribution in [1.82, 2.24) is 0 Å². The Kier molecular flexibility index (Phi) is 8.14. The van der Waals surface area contributed by atoms with Crippen molar-refractivity contribution in [2.75, 3.05) is 27.4 Å². The average molecular weight is 391 g/mol. The van der Waals surface area contributed by atoms with Crippen LogP contribution >= 0.6 is 0 Å². The molecule has 0 saturated heterocycles. The van der Waals surface area contributed by atoms with Gasteiger partial charge in [-0.15, -0.1) is 0 Å². The second-order valence-electron chi connectivity index (χ2n) is 7.09. The number of hydrogen-bond acceptors (Lipinski definition) is 3. The highest BCUT2D eigenvalue weighted by atomic mass is 16.5. The fraction of sp³-hybridized carbons (Fsp3) is 0.308. The van der Waals surface area contributed by atoms with E-state index in [9.17, 15) is 0 Å². The van der Waals surface area contributed by atoms with Crippen LogP contribution in [0, 0.1) is 0 Å². The molecular formula is C26H30O3. The molecule has 0 saturated carbocycles. The molecule has 3 aromatic rings. The SMILES string of the molecule is COCCCCCCOc1ccc(-c2ccc(-c3ccc(OC)cc3)cc2)cc1. The fourth-order valence-electron chi connectivity index (χ4n) is 3.27. The van der Waals surface area contributed by atoms with E-state index in [1.165, 1.54) is 35.1 Å². The Balaban J connectivity index is 1.51. The molecule has 0 unspecified atom stereocenters. The van der Waals surface area contributed by atoms with Crippen LogP contribution in [0.1, 0.15) is 25.7 Å². The normalized spacial score (nSPS) is 10.7. The number of unbranched alkanes of at least 4 members (excludes halogenated alkanes) is 3. The van der Waals surface area contributed by atoms with Gasteiger partial charge in [-0.25, -0.2) is 0 Å². The van der Waals surface area contributed by atoms with E-state index in [-0.39, 0.29) is 0 Å². The highest BCUT2D eigenvalue weighted by Crippen LogP contribution is 2.27. The Bertz CT molecular complexity index is 837. The Labute approximate surface area is 174 Å². The van der Waals surface area contributed by atoms with Gasteiger partial charge in [0.1, 0.15) is 11.5 Å². The van der Waals surface area contributed by atoms with Crippen LogP contribution in [-0.4, -0.2) is 27.4 Å². The van der Waals surface area contributed by atoms with Crippen molar-refractivity contribution in [3.8, 4) is 33.8 Å². The predicted molar refractivity (Wildman–Crippen MR) is 120 cm³/mol. The number of benzene rings is 3. The maximum absolute atomic E-state index is 5.86. The van der Waals surface area contributed by atoms with Crippen molar-refractivity contribution in [2.24, 2.45) is 0 Å². The second-order valence-corrected chi connectivity index (χ2v) is 7.09. The molecule has 0 aliphatic heterocycles. The van der Waals surface area contributed by atoms with E-state index in [4.69, 9.17) is 14.2 Å². The minimum atomic E-state index is 0.767. The Morgan fingerprint density at radius 2 is 0.897 bits per heavy atom. The molecule has 0 radical (unpaired) electrons. The highest BCUT2D eigenvalue weighted by Gasteiger charge is 2.02. The number of hydrogen-bond donors (Lipinski definition) is 0. The van der Waals surface area contributed by atoms with Gasteiger partial charge in [-0.05, 0) is 65.8 Å².